The van der Waals surface area contributed by atoms with Gasteiger partial charge in [-0.3, -0.25) is 9.89 Å². The van der Waals surface area contributed by atoms with E-state index >= 15 is 0 Å². The molecule has 0 fully saturated rings. The second kappa shape index (κ2) is 8.25. The number of nitrogens with one attached hydrogen (secondary N) is 3. The third kappa shape index (κ3) is 5.13. The Morgan fingerprint density at radius 3 is 2.60 bits per heavy atom. The summed E-state index contributed by atoms with van der Waals surface area (Å²) in [5, 5.41) is 14.8. The van der Waals surface area contributed by atoms with Crippen molar-refractivity contribution in [2.75, 3.05) is 13.1 Å². The Balaban J connectivity index is 0.00000312. The van der Waals surface area contributed by atoms with Gasteiger partial charge in [0.1, 0.15) is 5.82 Å². The summed E-state index contributed by atoms with van der Waals surface area (Å²) in [6, 6.07) is 0.0597. The zero-order valence-corrected chi connectivity index (χ0v) is 14.5. The summed E-state index contributed by atoms with van der Waals surface area (Å²) in [6.45, 7) is 6.44. The van der Waals surface area contributed by atoms with Crippen molar-refractivity contribution in [3.05, 3.63) is 17.5 Å². The van der Waals surface area contributed by atoms with E-state index in [9.17, 15) is 18.0 Å². The number of hydrogen-bond acceptors (Lipinski definition) is 6. The van der Waals surface area contributed by atoms with E-state index in [-0.39, 0.29) is 36.0 Å². The van der Waals surface area contributed by atoms with Gasteiger partial charge >= 0.3 is 6.18 Å². The first kappa shape index (κ1) is 20.8. The Bertz CT molecular complexity index is 714. The van der Waals surface area contributed by atoms with Gasteiger partial charge in [-0.25, -0.2) is 4.98 Å². The van der Waals surface area contributed by atoms with Gasteiger partial charge in [0, 0.05) is 12.6 Å². The van der Waals surface area contributed by atoms with Gasteiger partial charge in [-0.15, -0.1) is 22.6 Å². The van der Waals surface area contributed by atoms with Crippen LogP contribution in [0.2, 0.25) is 0 Å². The average Bonchev–Trinajstić information content (AvgIpc) is 3.11. The van der Waals surface area contributed by atoms with Gasteiger partial charge in [0.15, 0.2) is 0 Å². The van der Waals surface area contributed by atoms with E-state index in [0.29, 0.717) is 6.54 Å². The first-order chi connectivity index (χ1) is 11.2. The van der Waals surface area contributed by atoms with Crippen molar-refractivity contribution in [2.24, 2.45) is 0 Å². The number of aromatic amines is 1. The van der Waals surface area contributed by atoms with E-state index in [4.69, 9.17) is 0 Å². The van der Waals surface area contributed by atoms with Crippen molar-refractivity contribution >= 4 is 18.3 Å². The highest BCUT2D eigenvalue weighted by Gasteiger charge is 2.35. The molecule has 1 atom stereocenters. The summed E-state index contributed by atoms with van der Waals surface area (Å²) in [5.74, 6) is -2.11. The molecular formula is C12H18ClF3N8O. The number of H-pyrrole nitrogens is 1. The number of halogens is 4. The van der Waals surface area contributed by atoms with E-state index < -0.39 is 17.9 Å². The number of aromatic nitrogens is 6. The van der Waals surface area contributed by atoms with Gasteiger partial charge in [0.05, 0.1) is 0 Å². The van der Waals surface area contributed by atoms with Crippen LogP contribution >= 0.6 is 12.4 Å². The van der Waals surface area contributed by atoms with Gasteiger partial charge in [-0.1, -0.05) is 6.92 Å². The van der Waals surface area contributed by atoms with E-state index in [1.54, 1.807) is 5.10 Å². The molecule has 3 N–H and O–H groups in total. The molecule has 0 saturated carbocycles. The monoisotopic (exact) mass is 382 g/mol. The van der Waals surface area contributed by atoms with Crippen molar-refractivity contribution < 1.29 is 18.0 Å². The van der Waals surface area contributed by atoms with Gasteiger partial charge in [0.25, 0.3) is 11.9 Å². The summed E-state index contributed by atoms with van der Waals surface area (Å²) in [6.07, 6.45) is -4.65. The average molecular weight is 383 g/mol. The summed E-state index contributed by atoms with van der Waals surface area (Å²) < 4.78 is 38.6. The Labute approximate surface area is 147 Å². The van der Waals surface area contributed by atoms with Gasteiger partial charge in [-0.2, -0.15) is 22.8 Å². The van der Waals surface area contributed by atoms with Crippen LogP contribution in [0.3, 0.4) is 0 Å². The lowest BCUT2D eigenvalue weighted by Crippen LogP contribution is -2.39. The minimum atomic E-state index is -4.65. The molecule has 2 aromatic heterocycles. The quantitative estimate of drug-likeness (QED) is 0.683. The first-order valence-corrected chi connectivity index (χ1v) is 7.17. The SMILES string of the molecule is CCN[C@H](C)CNC(=O)c1nc(C)n(-c2n[nH]c(C(F)(F)F)n2)n1.Cl. The Morgan fingerprint density at radius 2 is 2.04 bits per heavy atom. The number of likely N-dealkylation sites (N-methyl/N-ethyl adjacent to an activating group) is 1. The molecule has 2 aromatic rings. The molecule has 0 spiro atoms. The number of hydrogen-bond donors (Lipinski definition) is 3. The third-order valence-corrected chi connectivity index (χ3v) is 3.02. The number of aryl methyl sites for hydroxylation is 1. The third-order valence-electron chi connectivity index (χ3n) is 3.02. The molecule has 1 amide bonds. The Kier molecular flexibility index (Phi) is 6.87. The van der Waals surface area contributed by atoms with Crippen LogP contribution in [-0.4, -0.2) is 55.0 Å². The maximum Gasteiger partial charge on any atom is 0.451 e. The van der Waals surface area contributed by atoms with Crippen LogP contribution in [0.15, 0.2) is 0 Å². The fourth-order valence-corrected chi connectivity index (χ4v) is 1.90. The summed E-state index contributed by atoms with van der Waals surface area (Å²) >= 11 is 0. The highest BCUT2D eigenvalue weighted by Crippen LogP contribution is 2.26. The lowest BCUT2D eigenvalue weighted by Gasteiger charge is -2.11. The summed E-state index contributed by atoms with van der Waals surface area (Å²) in [5.41, 5.74) is 0. The Hall–Kier alpha value is -2.21. The van der Waals surface area contributed by atoms with Crippen LogP contribution in [-0.2, 0) is 6.18 Å². The first-order valence-electron chi connectivity index (χ1n) is 7.17. The maximum atomic E-state index is 12.5. The highest BCUT2D eigenvalue weighted by molar-refractivity contribution is 5.90. The number of carbonyl (C=O) groups is 1. The van der Waals surface area contributed by atoms with Crippen molar-refractivity contribution in [3.63, 3.8) is 0 Å². The number of rotatable bonds is 6. The molecule has 25 heavy (non-hydrogen) atoms. The fourth-order valence-electron chi connectivity index (χ4n) is 1.90. The van der Waals surface area contributed by atoms with Crippen molar-refractivity contribution in [3.8, 4) is 5.95 Å². The van der Waals surface area contributed by atoms with Crippen LogP contribution in [0, 0.1) is 6.92 Å². The second-order valence-electron chi connectivity index (χ2n) is 5.04. The molecule has 0 aromatic carbocycles. The standard InChI is InChI=1S/C12H17F3N8O.ClH/c1-4-16-6(2)5-17-9(24)8-18-7(3)23(22-8)11-19-10(20-21-11)12(13,14)15;/h6,16H,4-5H2,1-3H3,(H,17,24)(H,19,20,21);1H/t6-;/m1./s1. The fraction of sp³-hybridized carbons (Fsp3) is 0.583. The normalized spacial score (nSPS) is 12.6. The summed E-state index contributed by atoms with van der Waals surface area (Å²) in [4.78, 5) is 19.2. The number of amides is 1. The smallest absolute Gasteiger partial charge is 0.348 e. The Morgan fingerprint density at radius 1 is 1.36 bits per heavy atom. The van der Waals surface area contributed by atoms with E-state index in [1.807, 2.05) is 13.8 Å². The largest absolute Gasteiger partial charge is 0.451 e. The number of alkyl halides is 3. The van der Waals surface area contributed by atoms with Crippen LogP contribution in [0.1, 0.15) is 36.1 Å². The highest BCUT2D eigenvalue weighted by atomic mass is 35.5. The molecule has 0 bridgehead atoms. The molecule has 2 rings (SSSR count). The van der Waals surface area contributed by atoms with Crippen molar-refractivity contribution in [1.29, 1.82) is 0 Å². The maximum absolute atomic E-state index is 12.5. The van der Waals surface area contributed by atoms with Crippen molar-refractivity contribution in [1.82, 2.24) is 40.6 Å². The van der Waals surface area contributed by atoms with E-state index in [2.05, 4.69) is 30.8 Å². The lowest BCUT2D eigenvalue weighted by atomic mass is 10.3. The topological polar surface area (TPSA) is 113 Å². The van der Waals surface area contributed by atoms with Gasteiger partial charge in [-0.05, 0) is 20.4 Å². The number of carbonyl (C=O) groups excluding carboxylic acids is 1. The second-order valence-corrected chi connectivity index (χ2v) is 5.04. The predicted octanol–water partition coefficient (Wildman–Crippen LogP) is 0.862. The molecule has 0 saturated heterocycles. The predicted molar refractivity (Wildman–Crippen MR) is 83.8 cm³/mol. The van der Waals surface area contributed by atoms with E-state index in [1.165, 1.54) is 6.92 Å². The lowest BCUT2D eigenvalue weighted by molar-refractivity contribution is -0.144. The molecule has 2 heterocycles. The van der Waals surface area contributed by atoms with Crippen LogP contribution in [0.4, 0.5) is 13.2 Å². The number of nitrogens with zero attached hydrogens (tertiary/aromatic N) is 5. The molecular weight excluding hydrogens is 365 g/mol. The molecule has 13 heteroatoms. The minimum absolute atomic E-state index is 0. The molecule has 0 aliphatic carbocycles. The van der Waals surface area contributed by atoms with Crippen LogP contribution in [0.5, 0.6) is 0 Å². The van der Waals surface area contributed by atoms with Crippen molar-refractivity contribution in [2.45, 2.75) is 33.0 Å². The van der Waals surface area contributed by atoms with Crippen LogP contribution in [0.25, 0.3) is 5.95 Å². The summed E-state index contributed by atoms with van der Waals surface area (Å²) in [7, 11) is 0. The zero-order chi connectivity index (χ0) is 17.9. The molecule has 9 nitrogen and oxygen atoms in total. The van der Waals surface area contributed by atoms with Gasteiger partial charge < -0.3 is 10.6 Å². The zero-order valence-electron chi connectivity index (χ0n) is 13.7. The molecule has 140 valence electrons. The molecule has 0 aliphatic heterocycles. The van der Waals surface area contributed by atoms with E-state index in [0.717, 1.165) is 11.2 Å². The molecule has 0 aliphatic rings. The van der Waals surface area contributed by atoms with Gasteiger partial charge in [0.2, 0.25) is 11.6 Å². The molecule has 0 unspecified atom stereocenters. The van der Waals surface area contributed by atoms with Crippen LogP contribution < -0.4 is 10.6 Å². The molecule has 0 radical (unpaired) electrons. The minimum Gasteiger partial charge on any atom is -0.348 e.